The third kappa shape index (κ3) is 4.24. The molecule has 1 N–H and O–H groups in total. The van der Waals surface area contributed by atoms with Gasteiger partial charge in [0.25, 0.3) is 0 Å². The Morgan fingerprint density at radius 3 is 2.17 bits per heavy atom. The zero-order valence-corrected chi connectivity index (χ0v) is 12.5. The summed E-state index contributed by atoms with van der Waals surface area (Å²) in [6.45, 7) is 8.60. The summed E-state index contributed by atoms with van der Waals surface area (Å²) >= 11 is 0. The molecule has 0 unspecified atom stereocenters. The summed E-state index contributed by atoms with van der Waals surface area (Å²) in [7, 11) is -3.14. The minimum atomic E-state index is -3.14. The third-order valence-corrected chi connectivity index (χ3v) is 4.60. The zero-order chi connectivity index (χ0) is 14.0. The van der Waals surface area contributed by atoms with Crippen molar-refractivity contribution in [2.75, 3.05) is 18.8 Å². The minimum Gasteiger partial charge on any atom is -0.342 e. The van der Waals surface area contributed by atoms with E-state index in [2.05, 4.69) is 4.72 Å². The van der Waals surface area contributed by atoms with Crippen molar-refractivity contribution in [3.63, 3.8) is 0 Å². The summed E-state index contributed by atoms with van der Waals surface area (Å²) in [5, 5.41) is 0. The normalized spacial score (nSPS) is 19.0. The summed E-state index contributed by atoms with van der Waals surface area (Å²) in [6.07, 6.45) is 1.39. The zero-order valence-electron chi connectivity index (χ0n) is 11.7. The second kappa shape index (κ2) is 5.57. The molecule has 0 aromatic carbocycles. The minimum absolute atomic E-state index is 0.0287. The van der Waals surface area contributed by atoms with Crippen LogP contribution in [0.15, 0.2) is 0 Å². The van der Waals surface area contributed by atoms with Gasteiger partial charge in [0.15, 0.2) is 0 Å². The van der Waals surface area contributed by atoms with Crippen LogP contribution in [-0.2, 0) is 14.8 Å². The van der Waals surface area contributed by atoms with Crippen LogP contribution in [0, 0.1) is 5.41 Å². The van der Waals surface area contributed by atoms with Crippen molar-refractivity contribution < 1.29 is 13.2 Å². The van der Waals surface area contributed by atoms with Crippen LogP contribution in [0.4, 0.5) is 0 Å². The number of carbonyl (C=O) groups excluding carboxylic acids is 1. The molecule has 6 heteroatoms. The van der Waals surface area contributed by atoms with E-state index in [9.17, 15) is 13.2 Å². The van der Waals surface area contributed by atoms with Crippen molar-refractivity contribution in [1.29, 1.82) is 0 Å². The number of carbonyl (C=O) groups is 1. The molecule has 1 saturated heterocycles. The van der Waals surface area contributed by atoms with E-state index in [-0.39, 0.29) is 23.1 Å². The second-order valence-corrected chi connectivity index (χ2v) is 7.88. The van der Waals surface area contributed by atoms with Gasteiger partial charge >= 0.3 is 0 Å². The van der Waals surface area contributed by atoms with Gasteiger partial charge in [0, 0.05) is 24.5 Å². The summed E-state index contributed by atoms with van der Waals surface area (Å²) in [5.74, 6) is 0.244. The van der Waals surface area contributed by atoms with Crippen LogP contribution >= 0.6 is 0 Å². The highest BCUT2D eigenvalue weighted by Crippen LogP contribution is 2.21. The van der Waals surface area contributed by atoms with Gasteiger partial charge in [-0.15, -0.1) is 0 Å². The largest absolute Gasteiger partial charge is 0.342 e. The molecule has 0 aromatic heterocycles. The number of rotatable bonds is 3. The highest BCUT2D eigenvalue weighted by atomic mass is 32.2. The van der Waals surface area contributed by atoms with Crippen LogP contribution in [0.3, 0.4) is 0 Å². The van der Waals surface area contributed by atoms with Crippen LogP contribution in [0.1, 0.15) is 40.5 Å². The van der Waals surface area contributed by atoms with Crippen LogP contribution in [0.5, 0.6) is 0 Å². The van der Waals surface area contributed by atoms with Gasteiger partial charge in [-0.3, -0.25) is 4.79 Å². The molecule has 0 radical (unpaired) electrons. The lowest BCUT2D eigenvalue weighted by Gasteiger charge is -2.35. The van der Waals surface area contributed by atoms with Crippen molar-refractivity contribution in [3.05, 3.63) is 0 Å². The lowest BCUT2D eigenvalue weighted by molar-refractivity contribution is -0.140. The highest BCUT2D eigenvalue weighted by Gasteiger charge is 2.31. The van der Waals surface area contributed by atoms with E-state index in [1.165, 1.54) is 0 Å². The molecule has 1 fully saturated rings. The molecule has 5 nitrogen and oxygen atoms in total. The Morgan fingerprint density at radius 1 is 1.28 bits per heavy atom. The Bertz CT molecular complexity index is 390. The molecule has 0 spiro atoms. The lowest BCUT2D eigenvalue weighted by Crippen LogP contribution is -2.49. The van der Waals surface area contributed by atoms with Crippen molar-refractivity contribution >= 4 is 15.9 Å². The monoisotopic (exact) mass is 276 g/mol. The number of piperidine rings is 1. The predicted molar refractivity (Wildman–Crippen MR) is 71.7 cm³/mol. The first-order chi connectivity index (χ1) is 8.15. The van der Waals surface area contributed by atoms with E-state index in [4.69, 9.17) is 0 Å². The fourth-order valence-corrected chi connectivity index (χ4v) is 2.92. The van der Waals surface area contributed by atoms with Gasteiger partial charge in [-0.05, 0) is 19.8 Å². The average Bonchev–Trinajstić information content (AvgIpc) is 2.27. The van der Waals surface area contributed by atoms with Crippen molar-refractivity contribution in [2.24, 2.45) is 5.41 Å². The van der Waals surface area contributed by atoms with E-state index in [1.54, 1.807) is 6.92 Å². The fourth-order valence-electron chi connectivity index (χ4n) is 2.01. The lowest BCUT2D eigenvalue weighted by atomic mass is 9.93. The molecule has 1 aliphatic heterocycles. The van der Waals surface area contributed by atoms with Gasteiger partial charge in [0.1, 0.15) is 0 Å². The Labute approximate surface area is 110 Å². The molecule has 18 heavy (non-hydrogen) atoms. The molecule has 0 bridgehead atoms. The number of nitrogens with one attached hydrogen (secondary N) is 1. The number of amides is 1. The van der Waals surface area contributed by atoms with Gasteiger partial charge in [-0.2, -0.15) is 0 Å². The molecule has 1 aliphatic rings. The topological polar surface area (TPSA) is 66.5 Å². The first kappa shape index (κ1) is 15.4. The molecular weight excluding hydrogens is 252 g/mol. The molecule has 0 aromatic rings. The number of hydrogen-bond donors (Lipinski definition) is 1. The maximum absolute atomic E-state index is 12.1. The van der Waals surface area contributed by atoms with Gasteiger partial charge in [0.2, 0.25) is 15.9 Å². The molecule has 0 saturated carbocycles. The highest BCUT2D eigenvalue weighted by molar-refractivity contribution is 7.89. The maximum atomic E-state index is 12.1. The number of nitrogens with zero attached hydrogens (tertiary/aromatic N) is 1. The van der Waals surface area contributed by atoms with Crippen LogP contribution < -0.4 is 4.72 Å². The van der Waals surface area contributed by atoms with E-state index < -0.39 is 10.0 Å². The Balaban J connectivity index is 2.50. The third-order valence-electron chi connectivity index (χ3n) is 3.15. The molecule has 1 amide bonds. The van der Waals surface area contributed by atoms with E-state index in [1.807, 2.05) is 25.7 Å². The quantitative estimate of drug-likeness (QED) is 0.835. The predicted octanol–water partition coefficient (Wildman–Crippen LogP) is 0.963. The van der Waals surface area contributed by atoms with Crippen LogP contribution in [0.25, 0.3) is 0 Å². The Morgan fingerprint density at radius 2 is 1.78 bits per heavy atom. The number of likely N-dealkylation sites (tertiary alicyclic amines) is 1. The standard InChI is InChI=1S/C12H24N2O3S/c1-5-18(16,17)13-10-6-8-14(9-7-10)11(15)12(2,3)4/h10,13H,5-9H2,1-4H3. The summed E-state index contributed by atoms with van der Waals surface area (Å²) in [6, 6.07) is -0.0287. The average molecular weight is 276 g/mol. The van der Waals surface area contributed by atoms with Crippen LogP contribution in [0.2, 0.25) is 0 Å². The summed E-state index contributed by atoms with van der Waals surface area (Å²) in [4.78, 5) is 13.9. The van der Waals surface area contributed by atoms with E-state index >= 15 is 0 Å². The number of hydrogen-bond acceptors (Lipinski definition) is 3. The van der Waals surface area contributed by atoms with E-state index in [0.717, 1.165) is 0 Å². The molecule has 106 valence electrons. The van der Waals surface area contributed by atoms with Gasteiger partial charge < -0.3 is 4.90 Å². The maximum Gasteiger partial charge on any atom is 0.227 e. The van der Waals surface area contributed by atoms with Gasteiger partial charge in [0.05, 0.1) is 5.75 Å². The van der Waals surface area contributed by atoms with Crippen LogP contribution in [-0.4, -0.2) is 44.1 Å². The van der Waals surface area contributed by atoms with Gasteiger partial charge in [-0.25, -0.2) is 13.1 Å². The SMILES string of the molecule is CCS(=O)(=O)NC1CCN(C(=O)C(C)(C)C)CC1. The smallest absolute Gasteiger partial charge is 0.227 e. The Hall–Kier alpha value is -0.620. The Kier molecular flexibility index (Phi) is 4.78. The van der Waals surface area contributed by atoms with Gasteiger partial charge in [-0.1, -0.05) is 20.8 Å². The summed E-state index contributed by atoms with van der Waals surface area (Å²) < 4.78 is 25.6. The molecular formula is C12H24N2O3S. The van der Waals surface area contributed by atoms with Crippen molar-refractivity contribution in [3.8, 4) is 0 Å². The molecule has 0 atom stereocenters. The molecule has 0 aliphatic carbocycles. The first-order valence-electron chi connectivity index (χ1n) is 6.45. The second-order valence-electron chi connectivity index (χ2n) is 5.84. The molecule has 1 rings (SSSR count). The first-order valence-corrected chi connectivity index (χ1v) is 8.10. The molecule has 1 heterocycles. The summed E-state index contributed by atoms with van der Waals surface area (Å²) in [5.41, 5.74) is -0.365. The fraction of sp³-hybridized carbons (Fsp3) is 0.917. The number of sulfonamides is 1. The van der Waals surface area contributed by atoms with Crippen molar-refractivity contribution in [2.45, 2.75) is 46.6 Å². The van der Waals surface area contributed by atoms with Crippen molar-refractivity contribution in [1.82, 2.24) is 9.62 Å². The van der Waals surface area contributed by atoms with E-state index in [0.29, 0.717) is 25.9 Å².